The first-order valence-electron chi connectivity index (χ1n) is 15.6. The van der Waals surface area contributed by atoms with E-state index in [1.807, 2.05) is 17.0 Å². The smallest absolute Gasteiger partial charge is 0.263 e. The Morgan fingerprint density at radius 3 is 2.68 bits per heavy atom. The second kappa shape index (κ2) is 15.5. The number of phenolic OH excluding ortho intramolecular Hbond substituents is 1. The normalized spacial score (nSPS) is 25.7. The maximum atomic E-state index is 12.7. The zero-order chi connectivity index (χ0) is 29.2. The molecule has 7 heteroatoms. The number of halogens is 1. The van der Waals surface area contributed by atoms with Crippen molar-refractivity contribution in [1.29, 1.82) is 0 Å². The minimum Gasteiger partial charge on any atom is -0.506 e. The number of ether oxygens (including phenoxy) is 1. The van der Waals surface area contributed by atoms with Crippen LogP contribution >= 0.6 is 11.6 Å². The fraction of sp³-hybridized carbons (Fsp3) is 0.588. The molecule has 0 bridgehead atoms. The van der Waals surface area contributed by atoms with E-state index >= 15 is 0 Å². The molecule has 1 saturated carbocycles. The molecule has 2 heterocycles. The largest absolute Gasteiger partial charge is 0.506 e. The predicted octanol–water partition coefficient (Wildman–Crippen LogP) is 8.33. The fourth-order valence-corrected chi connectivity index (χ4v) is 5.90. The number of rotatable bonds is 7. The summed E-state index contributed by atoms with van der Waals surface area (Å²) in [7, 11) is 0. The summed E-state index contributed by atoms with van der Waals surface area (Å²) in [4.78, 5) is 20.2. The van der Waals surface area contributed by atoms with Crippen molar-refractivity contribution in [2.75, 3.05) is 19.7 Å². The number of allylic oxidation sites excluding steroid dienone is 4. The van der Waals surface area contributed by atoms with E-state index in [4.69, 9.17) is 21.2 Å². The Labute approximate surface area is 251 Å². The highest BCUT2D eigenvalue weighted by molar-refractivity contribution is 6.33. The number of benzene rings is 1. The van der Waals surface area contributed by atoms with E-state index in [-0.39, 0.29) is 24.4 Å². The van der Waals surface area contributed by atoms with Gasteiger partial charge in [-0.25, -0.2) is 0 Å². The number of aromatic hydroxyl groups is 1. The van der Waals surface area contributed by atoms with Crippen molar-refractivity contribution in [2.24, 2.45) is 11.1 Å². The molecule has 224 valence electrons. The van der Waals surface area contributed by atoms with Gasteiger partial charge in [0.1, 0.15) is 17.6 Å². The monoisotopic (exact) mass is 582 g/mol. The Morgan fingerprint density at radius 1 is 1.20 bits per heavy atom. The molecule has 41 heavy (non-hydrogen) atoms. The maximum absolute atomic E-state index is 12.7. The zero-order valence-corrected chi connectivity index (χ0v) is 25.8. The highest BCUT2D eigenvalue weighted by atomic mass is 35.5. The van der Waals surface area contributed by atoms with Gasteiger partial charge in [0.25, 0.3) is 5.91 Å². The number of piperidine rings is 1. The van der Waals surface area contributed by atoms with E-state index in [2.05, 4.69) is 50.2 Å². The number of oxime groups is 1. The lowest BCUT2D eigenvalue weighted by molar-refractivity contribution is -0.137. The topological polar surface area (TPSA) is 71.4 Å². The summed E-state index contributed by atoms with van der Waals surface area (Å²) in [6.07, 6.45) is 21.0. The second-order valence-corrected chi connectivity index (χ2v) is 12.1. The van der Waals surface area contributed by atoms with Crippen molar-refractivity contribution in [2.45, 2.75) is 103 Å². The molecule has 1 saturated heterocycles. The third-order valence-electron chi connectivity index (χ3n) is 8.05. The number of carbonyl (C=O) groups is 1. The molecule has 1 aliphatic carbocycles. The van der Waals surface area contributed by atoms with Crippen LogP contribution in [-0.2, 0) is 20.8 Å². The number of hydrogen-bond acceptors (Lipinski definition) is 5. The Hall–Kier alpha value is -2.73. The van der Waals surface area contributed by atoms with Gasteiger partial charge in [-0.2, -0.15) is 0 Å². The lowest BCUT2D eigenvalue weighted by atomic mass is 9.91. The standard InChI is InChI=1S/C34H47ClN2O4/c1-4-11-27-16-10-14-24(3)13-9-15-26(36-40-23-32(39)37-19-7-6-8-20-37)21-29-33(31(41-27)12-5-2)28(25-17-18-25)22-30(38)34(29)35/h9-10,12,14-15,22,24-25,27,38H,4-8,11,13,16-21,23H2,1-3H3/b14-10+,15-9+,31-12+,36-26-. The molecule has 1 N–H and O–H groups in total. The molecule has 1 aromatic rings. The average Bonchev–Trinajstić information content (AvgIpc) is 3.81. The summed E-state index contributed by atoms with van der Waals surface area (Å²) in [5, 5.41) is 15.7. The van der Waals surface area contributed by atoms with Crippen LogP contribution in [0.4, 0.5) is 0 Å². The molecule has 0 radical (unpaired) electrons. The van der Waals surface area contributed by atoms with Gasteiger partial charge in [0, 0.05) is 31.5 Å². The molecule has 2 aliphatic heterocycles. The number of hydrogen-bond donors (Lipinski definition) is 1. The van der Waals surface area contributed by atoms with E-state index < -0.39 is 0 Å². The van der Waals surface area contributed by atoms with Gasteiger partial charge in [-0.05, 0) is 92.5 Å². The summed E-state index contributed by atoms with van der Waals surface area (Å²) in [5.41, 5.74) is 3.50. The zero-order valence-electron chi connectivity index (χ0n) is 25.0. The lowest BCUT2D eigenvalue weighted by Crippen LogP contribution is -2.37. The molecule has 1 aromatic carbocycles. The fourth-order valence-electron chi connectivity index (χ4n) is 5.68. The Balaban J connectivity index is 1.73. The third-order valence-corrected chi connectivity index (χ3v) is 8.47. The highest BCUT2D eigenvalue weighted by Gasteiger charge is 2.32. The van der Waals surface area contributed by atoms with Gasteiger partial charge in [-0.1, -0.05) is 62.2 Å². The number of amides is 1. The number of nitrogens with zero attached hydrogens (tertiary/aromatic N) is 2. The minimum atomic E-state index is -0.0900. The van der Waals surface area contributed by atoms with Crippen LogP contribution in [0.25, 0.3) is 5.76 Å². The van der Waals surface area contributed by atoms with E-state index in [1.165, 1.54) is 6.42 Å². The molecule has 2 fully saturated rings. The molecule has 2 unspecified atom stereocenters. The molecule has 4 rings (SSSR count). The number of likely N-dealkylation sites (tertiary alicyclic amines) is 1. The van der Waals surface area contributed by atoms with Crippen LogP contribution in [0.15, 0.2) is 41.6 Å². The highest BCUT2D eigenvalue weighted by Crippen LogP contribution is 2.48. The number of phenols is 1. The SMILES string of the molecule is CC/C=C1/OC(CCC)C/C=C/C(C)C/C=C/C(=N/OCC(=O)N2CCCCC2)Cc2c(Cl)c(O)cc(C3CC3)c21. The lowest BCUT2D eigenvalue weighted by Gasteiger charge is -2.26. The average molecular weight is 583 g/mol. The van der Waals surface area contributed by atoms with Crippen molar-refractivity contribution >= 4 is 29.0 Å². The van der Waals surface area contributed by atoms with Crippen LogP contribution in [0, 0.1) is 5.92 Å². The van der Waals surface area contributed by atoms with Crippen LogP contribution in [0.3, 0.4) is 0 Å². The van der Waals surface area contributed by atoms with Gasteiger partial charge in [0.05, 0.1) is 10.7 Å². The van der Waals surface area contributed by atoms with E-state index in [9.17, 15) is 9.90 Å². The first-order chi connectivity index (χ1) is 19.9. The van der Waals surface area contributed by atoms with Gasteiger partial charge in [0.15, 0.2) is 6.61 Å². The predicted molar refractivity (Wildman–Crippen MR) is 167 cm³/mol. The van der Waals surface area contributed by atoms with Crippen molar-refractivity contribution in [1.82, 2.24) is 4.90 Å². The van der Waals surface area contributed by atoms with Gasteiger partial charge >= 0.3 is 0 Å². The molecule has 0 spiro atoms. The number of carbonyl (C=O) groups excluding carboxylic acids is 1. The molecule has 6 nitrogen and oxygen atoms in total. The molecular weight excluding hydrogens is 536 g/mol. The van der Waals surface area contributed by atoms with Crippen molar-refractivity contribution in [3.8, 4) is 5.75 Å². The summed E-state index contributed by atoms with van der Waals surface area (Å²) in [5.74, 6) is 1.59. The number of fused-ring (bicyclic) bond motifs is 1. The van der Waals surface area contributed by atoms with Crippen LogP contribution in [0.2, 0.25) is 5.02 Å². The summed E-state index contributed by atoms with van der Waals surface area (Å²) >= 11 is 6.87. The Bertz CT molecular complexity index is 1160. The molecule has 1 amide bonds. The molecule has 2 atom stereocenters. The van der Waals surface area contributed by atoms with Gasteiger partial charge in [-0.3, -0.25) is 4.79 Å². The van der Waals surface area contributed by atoms with Gasteiger partial charge < -0.3 is 19.6 Å². The minimum absolute atomic E-state index is 0.0340. The first-order valence-corrected chi connectivity index (χ1v) is 16.0. The van der Waals surface area contributed by atoms with E-state index in [0.717, 1.165) is 93.3 Å². The quantitative estimate of drug-likeness (QED) is 0.259. The van der Waals surface area contributed by atoms with E-state index in [1.54, 1.807) is 0 Å². The van der Waals surface area contributed by atoms with Crippen LogP contribution in [0.1, 0.15) is 108 Å². The molecular formula is C34H47ClN2O4. The summed E-state index contributed by atoms with van der Waals surface area (Å²) < 4.78 is 6.80. The second-order valence-electron chi connectivity index (χ2n) is 11.7. The third kappa shape index (κ3) is 8.88. The molecule has 0 aromatic heterocycles. The first kappa shape index (κ1) is 31.2. The van der Waals surface area contributed by atoms with Crippen LogP contribution in [0.5, 0.6) is 5.75 Å². The van der Waals surface area contributed by atoms with Crippen LogP contribution in [-0.4, -0.2) is 47.4 Å². The van der Waals surface area contributed by atoms with Crippen molar-refractivity contribution in [3.63, 3.8) is 0 Å². The van der Waals surface area contributed by atoms with Gasteiger partial charge in [0.2, 0.25) is 0 Å². The Morgan fingerprint density at radius 2 is 1.98 bits per heavy atom. The maximum Gasteiger partial charge on any atom is 0.263 e. The molecule has 3 aliphatic rings. The van der Waals surface area contributed by atoms with Gasteiger partial charge in [-0.15, -0.1) is 0 Å². The summed E-state index contributed by atoms with van der Waals surface area (Å²) in [6, 6.07) is 1.83. The van der Waals surface area contributed by atoms with Crippen molar-refractivity contribution in [3.05, 3.63) is 58.2 Å². The van der Waals surface area contributed by atoms with Crippen LogP contribution < -0.4 is 0 Å². The Kier molecular flexibility index (Phi) is 11.8. The summed E-state index contributed by atoms with van der Waals surface area (Å²) in [6.45, 7) is 7.96. The van der Waals surface area contributed by atoms with Crippen molar-refractivity contribution < 1.29 is 19.5 Å². The van der Waals surface area contributed by atoms with E-state index in [0.29, 0.717) is 29.0 Å².